The van der Waals surface area contributed by atoms with Gasteiger partial charge in [0.15, 0.2) is 12.4 Å². The van der Waals surface area contributed by atoms with Gasteiger partial charge in [-0.15, -0.1) is 0 Å². The summed E-state index contributed by atoms with van der Waals surface area (Å²) in [6.45, 7) is 1.86. The summed E-state index contributed by atoms with van der Waals surface area (Å²) in [6, 6.07) is 0. The van der Waals surface area contributed by atoms with Crippen LogP contribution in [0.3, 0.4) is 0 Å². The Morgan fingerprint density at radius 2 is 2.00 bits per heavy atom. The van der Waals surface area contributed by atoms with E-state index in [1.165, 1.54) is 7.11 Å². The van der Waals surface area contributed by atoms with Crippen LogP contribution in [0.1, 0.15) is 13.3 Å². The molecule has 1 heterocycles. The van der Waals surface area contributed by atoms with Crippen LogP contribution in [-0.4, -0.2) is 48.0 Å². The molecule has 0 aromatic carbocycles. The van der Waals surface area contributed by atoms with E-state index in [2.05, 4.69) is 7.11 Å². The highest BCUT2D eigenvalue weighted by Gasteiger charge is 2.46. The van der Waals surface area contributed by atoms with E-state index in [0.29, 0.717) is 6.42 Å². The summed E-state index contributed by atoms with van der Waals surface area (Å²) in [7, 11) is 4.66. The molecule has 0 amide bonds. The van der Waals surface area contributed by atoms with Crippen molar-refractivity contribution in [3.05, 3.63) is 7.11 Å². The summed E-state index contributed by atoms with van der Waals surface area (Å²) in [5.74, 6) is 0. The molecule has 1 aliphatic rings. The fraction of sp³-hybridized carbons (Fsp3) is 0.889. The van der Waals surface area contributed by atoms with Crippen molar-refractivity contribution < 1.29 is 24.4 Å². The number of aliphatic hydroxyl groups is 2. The van der Waals surface area contributed by atoms with Gasteiger partial charge in [-0.05, 0) is 6.42 Å². The van der Waals surface area contributed by atoms with Crippen molar-refractivity contribution >= 4 is 0 Å². The SMILES string of the molecule is [CH2+]OC1C(OC)OC(CC)C(O)C1O. The molecule has 1 saturated heterocycles. The van der Waals surface area contributed by atoms with Crippen LogP contribution >= 0.6 is 0 Å². The van der Waals surface area contributed by atoms with E-state index in [-0.39, 0.29) is 0 Å². The number of hydrogen-bond acceptors (Lipinski definition) is 5. The van der Waals surface area contributed by atoms with Gasteiger partial charge in [-0.3, -0.25) is 0 Å². The average molecular weight is 205 g/mol. The molecule has 0 aromatic rings. The Morgan fingerprint density at radius 1 is 1.36 bits per heavy atom. The lowest BCUT2D eigenvalue weighted by Gasteiger charge is -2.39. The average Bonchev–Trinajstić information content (AvgIpc) is 2.21. The van der Waals surface area contributed by atoms with Gasteiger partial charge in [-0.2, -0.15) is 4.74 Å². The van der Waals surface area contributed by atoms with Gasteiger partial charge in [0.1, 0.15) is 12.2 Å². The number of hydrogen-bond donors (Lipinski definition) is 2. The molecular weight excluding hydrogens is 188 g/mol. The maximum atomic E-state index is 9.67. The molecule has 82 valence electrons. The van der Waals surface area contributed by atoms with Crippen molar-refractivity contribution in [2.24, 2.45) is 0 Å². The molecular formula is C9H17O5+. The summed E-state index contributed by atoms with van der Waals surface area (Å²) in [4.78, 5) is 0. The minimum atomic E-state index is -1.03. The van der Waals surface area contributed by atoms with E-state index in [0.717, 1.165) is 0 Å². The van der Waals surface area contributed by atoms with Gasteiger partial charge in [0.2, 0.25) is 7.11 Å². The van der Waals surface area contributed by atoms with E-state index < -0.39 is 30.7 Å². The monoisotopic (exact) mass is 205 g/mol. The molecule has 1 fully saturated rings. The largest absolute Gasteiger partial charge is 0.388 e. The minimum Gasteiger partial charge on any atom is -0.388 e. The molecule has 0 radical (unpaired) electrons. The summed E-state index contributed by atoms with van der Waals surface area (Å²) < 4.78 is 15.1. The molecule has 0 bridgehead atoms. The summed E-state index contributed by atoms with van der Waals surface area (Å²) >= 11 is 0. The number of ether oxygens (including phenoxy) is 3. The van der Waals surface area contributed by atoms with Crippen LogP contribution in [0, 0.1) is 7.11 Å². The summed E-state index contributed by atoms with van der Waals surface area (Å²) in [5, 5.41) is 19.3. The number of methoxy groups -OCH3 is 1. The summed E-state index contributed by atoms with van der Waals surface area (Å²) in [6.07, 6.45) is -3.26. The van der Waals surface area contributed by atoms with Crippen LogP contribution in [0.25, 0.3) is 0 Å². The highest BCUT2D eigenvalue weighted by Crippen LogP contribution is 2.25. The van der Waals surface area contributed by atoms with Crippen LogP contribution in [0.4, 0.5) is 0 Å². The fourth-order valence-corrected chi connectivity index (χ4v) is 1.61. The summed E-state index contributed by atoms with van der Waals surface area (Å²) in [5.41, 5.74) is 0. The molecule has 14 heavy (non-hydrogen) atoms. The third-order valence-corrected chi connectivity index (χ3v) is 2.47. The van der Waals surface area contributed by atoms with E-state index >= 15 is 0 Å². The van der Waals surface area contributed by atoms with Crippen molar-refractivity contribution in [2.75, 3.05) is 7.11 Å². The zero-order valence-corrected chi connectivity index (χ0v) is 8.42. The molecule has 0 saturated carbocycles. The Kier molecular flexibility index (Phi) is 4.15. The Bertz CT molecular complexity index is 173. The maximum Gasteiger partial charge on any atom is 0.214 e. The molecule has 0 aromatic heterocycles. The molecule has 1 rings (SSSR count). The molecule has 5 atom stereocenters. The first-order chi connectivity index (χ1) is 6.65. The van der Waals surface area contributed by atoms with Crippen molar-refractivity contribution in [3.63, 3.8) is 0 Å². The molecule has 2 N–H and O–H groups in total. The molecule has 5 nitrogen and oxygen atoms in total. The third kappa shape index (κ3) is 2.02. The Hall–Kier alpha value is -0.330. The van der Waals surface area contributed by atoms with Gasteiger partial charge in [-0.25, -0.2) is 0 Å². The zero-order chi connectivity index (χ0) is 10.7. The van der Waals surface area contributed by atoms with E-state index in [1.54, 1.807) is 0 Å². The van der Waals surface area contributed by atoms with Gasteiger partial charge in [0.05, 0.1) is 6.10 Å². The fourth-order valence-electron chi connectivity index (χ4n) is 1.61. The second-order valence-electron chi connectivity index (χ2n) is 3.30. The highest BCUT2D eigenvalue weighted by atomic mass is 16.7. The topological polar surface area (TPSA) is 68.2 Å². The molecule has 5 heteroatoms. The lowest BCUT2D eigenvalue weighted by atomic mass is 9.97. The quantitative estimate of drug-likeness (QED) is 0.617. The molecule has 0 aliphatic carbocycles. The molecule has 0 spiro atoms. The highest BCUT2D eigenvalue weighted by molar-refractivity contribution is 4.89. The lowest BCUT2D eigenvalue weighted by Crippen LogP contribution is -2.58. The van der Waals surface area contributed by atoms with Crippen molar-refractivity contribution in [1.29, 1.82) is 0 Å². The van der Waals surface area contributed by atoms with Crippen molar-refractivity contribution in [3.8, 4) is 0 Å². The third-order valence-electron chi connectivity index (χ3n) is 2.47. The molecule has 1 aliphatic heterocycles. The standard InChI is InChI=1S/C9H17O5/c1-4-5-6(10)7(11)8(12-2)9(13-3)14-5/h5-11H,2,4H2,1,3H3/q+1. The first-order valence-electron chi connectivity index (χ1n) is 4.60. The predicted octanol–water partition coefficient (Wildman–Crippen LogP) is -0.334. The van der Waals surface area contributed by atoms with E-state index in [4.69, 9.17) is 14.2 Å². The molecule has 5 unspecified atom stereocenters. The van der Waals surface area contributed by atoms with Gasteiger partial charge >= 0.3 is 0 Å². The smallest absolute Gasteiger partial charge is 0.214 e. The van der Waals surface area contributed by atoms with Crippen LogP contribution in [-0.2, 0) is 14.2 Å². The zero-order valence-electron chi connectivity index (χ0n) is 8.42. The maximum absolute atomic E-state index is 9.67. The Morgan fingerprint density at radius 3 is 2.43 bits per heavy atom. The minimum absolute atomic E-state index is 0.429. The first-order valence-corrected chi connectivity index (χ1v) is 4.60. The van der Waals surface area contributed by atoms with Gasteiger partial charge in [0.25, 0.3) is 0 Å². The van der Waals surface area contributed by atoms with Crippen LogP contribution in [0.2, 0.25) is 0 Å². The van der Waals surface area contributed by atoms with E-state index in [1.807, 2.05) is 6.92 Å². The van der Waals surface area contributed by atoms with Crippen LogP contribution < -0.4 is 0 Å². The lowest BCUT2D eigenvalue weighted by molar-refractivity contribution is -0.291. The van der Waals surface area contributed by atoms with Crippen LogP contribution in [0.15, 0.2) is 0 Å². The Balaban J connectivity index is 2.71. The van der Waals surface area contributed by atoms with Crippen molar-refractivity contribution in [1.82, 2.24) is 0 Å². The van der Waals surface area contributed by atoms with E-state index in [9.17, 15) is 10.2 Å². The van der Waals surface area contributed by atoms with Crippen LogP contribution in [0.5, 0.6) is 0 Å². The predicted molar refractivity (Wildman–Crippen MR) is 48.2 cm³/mol. The first kappa shape index (κ1) is 11.7. The second kappa shape index (κ2) is 4.95. The number of rotatable bonds is 3. The Labute approximate surface area is 83.6 Å². The van der Waals surface area contributed by atoms with Gasteiger partial charge in [-0.1, -0.05) is 6.92 Å². The normalized spacial score (nSPS) is 43.9. The van der Waals surface area contributed by atoms with Gasteiger partial charge < -0.3 is 19.7 Å². The van der Waals surface area contributed by atoms with Crippen molar-refractivity contribution in [2.45, 2.75) is 44.1 Å². The number of aliphatic hydroxyl groups excluding tert-OH is 2. The van der Waals surface area contributed by atoms with Gasteiger partial charge in [0, 0.05) is 7.11 Å². The second-order valence-corrected chi connectivity index (χ2v) is 3.30.